The van der Waals surface area contributed by atoms with Crippen molar-refractivity contribution in [2.24, 2.45) is 11.8 Å². The van der Waals surface area contributed by atoms with Crippen LogP contribution in [0.25, 0.3) is 0 Å². The second kappa shape index (κ2) is 4.86. The van der Waals surface area contributed by atoms with Crippen molar-refractivity contribution in [1.29, 1.82) is 0 Å². The van der Waals surface area contributed by atoms with Crippen LogP contribution in [-0.4, -0.2) is 24.1 Å². The number of nitrogens with one attached hydrogen (secondary N) is 1. The van der Waals surface area contributed by atoms with E-state index in [0.717, 1.165) is 0 Å². The highest BCUT2D eigenvalue weighted by molar-refractivity contribution is 5.96. The smallest absolute Gasteiger partial charge is 0.230 e. The molecule has 5 nitrogen and oxygen atoms in total. The van der Waals surface area contributed by atoms with Crippen LogP contribution in [0.15, 0.2) is 24.3 Å². The van der Waals surface area contributed by atoms with Crippen LogP contribution >= 0.6 is 0 Å². The summed E-state index contributed by atoms with van der Waals surface area (Å²) in [7, 11) is 0. The summed E-state index contributed by atoms with van der Waals surface area (Å²) in [4.78, 5) is 23.4. The minimum absolute atomic E-state index is 0.372. The van der Waals surface area contributed by atoms with Crippen LogP contribution in [0.4, 0.5) is 10.1 Å². The second-order valence-corrected chi connectivity index (χ2v) is 5.16. The second-order valence-electron chi connectivity index (χ2n) is 5.16. The molecule has 4 atom stereocenters. The van der Waals surface area contributed by atoms with E-state index in [0.29, 0.717) is 18.5 Å². The number of carboxylic acid groups (broad SMARTS) is 1. The highest BCUT2D eigenvalue weighted by Gasteiger charge is 2.52. The number of aliphatic carboxylic acids is 1. The molecule has 0 spiro atoms. The van der Waals surface area contributed by atoms with Gasteiger partial charge in [-0.1, -0.05) is 0 Å². The first-order valence-corrected chi connectivity index (χ1v) is 6.49. The first-order valence-electron chi connectivity index (χ1n) is 6.49. The first-order chi connectivity index (χ1) is 9.56. The van der Waals surface area contributed by atoms with Crippen molar-refractivity contribution in [3.8, 4) is 0 Å². The maximum atomic E-state index is 12.8. The van der Waals surface area contributed by atoms with Crippen molar-refractivity contribution in [2.45, 2.75) is 25.0 Å². The number of hydrogen-bond donors (Lipinski definition) is 1. The van der Waals surface area contributed by atoms with Gasteiger partial charge in [0.25, 0.3) is 0 Å². The van der Waals surface area contributed by atoms with E-state index in [1.165, 1.54) is 24.3 Å². The van der Waals surface area contributed by atoms with Crippen molar-refractivity contribution < 1.29 is 23.8 Å². The molecule has 6 heteroatoms. The Bertz CT molecular complexity index is 545. The lowest BCUT2D eigenvalue weighted by atomic mass is 9.78. The largest absolute Gasteiger partial charge is 0.550 e. The Labute approximate surface area is 114 Å². The lowest BCUT2D eigenvalue weighted by molar-refractivity contribution is -0.313. The summed E-state index contributed by atoms with van der Waals surface area (Å²) >= 11 is 0. The van der Waals surface area contributed by atoms with E-state index in [2.05, 4.69) is 5.32 Å². The molecule has 0 aliphatic carbocycles. The predicted molar refractivity (Wildman–Crippen MR) is 64.9 cm³/mol. The molecule has 1 aromatic rings. The van der Waals surface area contributed by atoms with Crippen LogP contribution in [-0.2, 0) is 14.3 Å². The molecular formula is C14H13FNO4-. The maximum absolute atomic E-state index is 12.8. The molecule has 2 heterocycles. The molecule has 2 bridgehead atoms. The average molecular weight is 278 g/mol. The Morgan fingerprint density at radius 2 is 1.75 bits per heavy atom. The summed E-state index contributed by atoms with van der Waals surface area (Å²) in [6, 6.07) is 5.30. The fourth-order valence-electron chi connectivity index (χ4n) is 3.07. The van der Waals surface area contributed by atoms with Gasteiger partial charge in [0.2, 0.25) is 5.91 Å². The third-order valence-corrected chi connectivity index (χ3v) is 3.96. The molecule has 1 N–H and O–H groups in total. The van der Waals surface area contributed by atoms with Crippen LogP contribution in [0.1, 0.15) is 12.8 Å². The summed E-state index contributed by atoms with van der Waals surface area (Å²) in [5.41, 5.74) is 0.427. The molecule has 2 saturated heterocycles. The van der Waals surface area contributed by atoms with Gasteiger partial charge in [-0.05, 0) is 37.1 Å². The highest BCUT2D eigenvalue weighted by Crippen LogP contribution is 2.43. The van der Waals surface area contributed by atoms with E-state index in [1.807, 2.05) is 0 Å². The van der Waals surface area contributed by atoms with Crippen LogP contribution < -0.4 is 10.4 Å². The molecule has 0 unspecified atom stereocenters. The van der Waals surface area contributed by atoms with Crippen molar-refractivity contribution in [3.63, 3.8) is 0 Å². The van der Waals surface area contributed by atoms with E-state index in [9.17, 15) is 19.1 Å². The van der Waals surface area contributed by atoms with E-state index in [1.54, 1.807) is 0 Å². The molecule has 0 aromatic heterocycles. The summed E-state index contributed by atoms with van der Waals surface area (Å²) in [5, 5.41) is 13.8. The van der Waals surface area contributed by atoms with Crippen molar-refractivity contribution in [1.82, 2.24) is 0 Å². The monoisotopic (exact) mass is 278 g/mol. The Morgan fingerprint density at radius 1 is 1.15 bits per heavy atom. The number of hydrogen-bond acceptors (Lipinski definition) is 4. The molecule has 2 aliphatic heterocycles. The normalized spacial score (nSPS) is 31.2. The number of carbonyl (C=O) groups excluding carboxylic acids is 2. The maximum Gasteiger partial charge on any atom is 0.230 e. The van der Waals surface area contributed by atoms with E-state index in [4.69, 9.17) is 4.74 Å². The van der Waals surface area contributed by atoms with E-state index >= 15 is 0 Å². The summed E-state index contributed by atoms with van der Waals surface area (Å²) in [6.07, 6.45) is 0.511. The Kier molecular flexibility index (Phi) is 3.17. The lowest BCUT2D eigenvalue weighted by Gasteiger charge is -2.27. The van der Waals surface area contributed by atoms with E-state index < -0.39 is 35.6 Å². The fraction of sp³-hybridized carbons (Fsp3) is 0.429. The Morgan fingerprint density at radius 3 is 2.35 bits per heavy atom. The van der Waals surface area contributed by atoms with Crippen LogP contribution in [0.3, 0.4) is 0 Å². The molecule has 2 aliphatic rings. The van der Waals surface area contributed by atoms with E-state index in [-0.39, 0.29) is 6.10 Å². The molecule has 1 amide bonds. The number of anilines is 1. The molecular weight excluding hydrogens is 265 g/mol. The van der Waals surface area contributed by atoms with Gasteiger partial charge in [-0.25, -0.2) is 4.39 Å². The lowest BCUT2D eigenvalue weighted by Crippen LogP contribution is -2.46. The zero-order valence-electron chi connectivity index (χ0n) is 10.5. The molecule has 106 valence electrons. The van der Waals surface area contributed by atoms with Crippen molar-refractivity contribution >= 4 is 17.6 Å². The molecule has 0 saturated carbocycles. The van der Waals surface area contributed by atoms with Gasteiger partial charge in [0, 0.05) is 17.6 Å². The number of carbonyl (C=O) groups is 2. The van der Waals surface area contributed by atoms with Gasteiger partial charge in [0.15, 0.2) is 0 Å². The third kappa shape index (κ3) is 2.16. The third-order valence-electron chi connectivity index (χ3n) is 3.96. The highest BCUT2D eigenvalue weighted by atomic mass is 19.1. The van der Waals surface area contributed by atoms with Gasteiger partial charge in [-0.2, -0.15) is 0 Å². The summed E-state index contributed by atoms with van der Waals surface area (Å²) in [5.74, 6) is -3.73. The Balaban J connectivity index is 1.76. The van der Waals surface area contributed by atoms with Gasteiger partial charge in [0.05, 0.1) is 18.1 Å². The summed E-state index contributed by atoms with van der Waals surface area (Å²) < 4.78 is 18.3. The fourth-order valence-corrected chi connectivity index (χ4v) is 3.07. The molecule has 0 radical (unpaired) electrons. The minimum atomic E-state index is -1.25. The zero-order chi connectivity index (χ0) is 14.3. The van der Waals surface area contributed by atoms with Gasteiger partial charge in [0.1, 0.15) is 5.82 Å². The predicted octanol–water partition coefficient (Wildman–Crippen LogP) is 0.308. The van der Waals surface area contributed by atoms with Gasteiger partial charge in [-0.15, -0.1) is 0 Å². The first kappa shape index (κ1) is 13.1. The molecule has 20 heavy (non-hydrogen) atoms. The number of carboxylic acids is 1. The zero-order valence-corrected chi connectivity index (χ0v) is 10.5. The Hall–Kier alpha value is -1.95. The summed E-state index contributed by atoms with van der Waals surface area (Å²) in [6.45, 7) is 0. The number of halogens is 1. The standard InChI is InChI=1S/C14H14FNO4/c15-7-1-3-8(4-2-7)16-13(17)11-9-5-6-10(20-9)12(11)14(18)19/h1-4,9-12H,5-6H2,(H,16,17)(H,18,19)/p-1/t9-,10+,11+,12+/m1/s1. The number of fused-ring (bicyclic) bond motifs is 2. The van der Waals surface area contributed by atoms with Crippen molar-refractivity contribution in [3.05, 3.63) is 30.1 Å². The van der Waals surface area contributed by atoms with Gasteiger partial charge >= 0.3 is 0 Å². The van der Waals surface area contributed by atoms with Crippen LogP contribution in [0, 0.1) is 17.7 Å². The SMILES string of the molecule is O=C([O-])[C@@H]1[C@@H](C(=O)Nc2ccc(F)cc2)[C@H]2CC[C@@H]1O2. The topological polar surface area (TPSA) is 78.5 Å². The number of benzene rings is 1. The number of rotatable bonds is 3. The number of amides is 1. The van der Waals surface area contributed by atoms with Gasteiger partial charge in [-0.3, -0.25) is 4.79 Å². The quantitative estimate of drug-likeness (QED) is 0.863. The molecule has 1 aromatic carbocycles. The average Bonchev–Trinajstić information content (AvgIpc) is 3.01. The van der Waals surface area contributed by atoms with Crippen LogP contribution in [0.2, 0.25) is 0 Å². The van der Waals surface area contributed by atoms with Gasteiger partial charge < -0.3 is 20.0 Å². The van der Waals surface area contributed by atoms with Crippen LogP contribution in [0.5, 0.6) is 0 Å². The minimum Gasteiger partial charge on any atom is -0.550 e. The molecule has 3 rings (SSSR count). The number of ether oxygens (including phenoxy) is 1. The molecule has 2 fully saturated rings. The van der Waals surface area contributed by atoms with Crippen molar-refractivity contribution in [2.75, 3.05) is 5.32 Å².